The Labute approximate surface area is 129 Å². The molecule has 0 aliphatic carbocycles. The maximum Gasteiger partial charge on any atom is 0.253 e. The highest BCUT2D eigenvalue weighted by Gasteiger charge is 2.10. The van der Waals surface area contributed by atoms with E-state index in [9.17, 15) is 4.79 Å². The van der Waals surface area contributed by atoms with Gasteiger partial charge >= 0.3 is 0 Å². The van der Waals surface area contributed by atoms with Crippen molar-refractivity contribution in [1.82, 2.24) is 9.88 Å². The molecule has 0 atom stereocenters. The second kappa shape index (κ2) is 7.22. The normalized spacial score (nSPS) is 10.4. The maximum atomic E-state index is 12.1. The molecule has 5 heteroatoms. The lowest BCUT2D eigenvalue weighted by atomic mass is 10.2. The lowest BCUT2D eigenvalue weighted by molar-refractivity contribution is 0.0802. The first-order valence-electron chi connectivity index (χ1n) is 7.06. The summed E-state index contributed by atoms with van der Waals surface area (Å²) in [6.07, 6.45) is 2.79. The van der Waals surface area contributed by atoms with Crippen molar-refractivity contribution in [2.45, 2.75) is 26.9 Å². The molecule has 1 heterocycles. The zero-order chi connectivity index (χ0) is 15.2. The number of amides is 1. The van der Waals surface area contributed by atoms with Crippen LogP contribution < -0.4 is 4.74 Å². The van der Waals surface area contributed by atoms with Crippen molar-refractivity contribution >= 4 is 17.2 Å². The predicted octanol–water partition coefficient (Wildman–Crippen LogP) is 3.38. The number of benzene rings is 1. The van der Waals surface area contributed by atoms with Crippen molar-refractivity contribution in [1.29, 1.82) is 0 Å². The standard InChI is InChI=1S/C16H20N2O2S/c1-4-15-17-10-14(21-15)11-20-13-8-6-7-12(9-13)16(19)18(3)5-2/h6-10H,4-5,11H2,1-3H3. The molecule has 1 amide bonds. The molecule has 4 nitrogen and oxygen atoms in total. The smallest absolute Gasteiger partial charge is 0.253 e. The van der Waals surface area contributed by atoms with Gasteiger partial charge in [-0.3, -0.25) is 4.79 Å². The van der Waals surface area contributed by atoms with E-state index in [-0.39, 0.29) is 5.91 Å². The minimum atomic E-state index is 0.00834. The molecule has 0 aliphatic heterocycles. The van der Waals surface area contributed by atoms with Gasteiger partial charge in [0.15, 0.2) is 0 Å². The van der Waals surface area contributed by atoms with Crippen LogP contribution in [0.3, 0.4) is 0 Å². The Balaban J connectivity index is 2.02. The summed E-state index contributed by atoms with van der Waals surface area (Å²) in [6.45, 7) is 5.21. The Bertz CT molecular complexity index is 610. The number of aryl methyl sites for hydroxylation is 1. The van der Waals surface area contributed by atoms with Gasteiger partial charge in [0.25, 0.3) is 5.91 Å². The fraction of sp³-hybridized carbons (Fsp3) is 0.375. The molecule has 0 unspecified atom stereocenters. The van der Waals surface area contributed by atoms with Crippen LogP contribution in [0.2, 0.25) is 0 Å². The largest absolute Gasteiger partial charge is 0.488 e. The van der Waals surface area contributed by atoms with Crippen LogP contribution in [0.15, 0.2) is 30.5 Å². The van der Waals surface area contributed by atoms with Crippen LogP contribution in [-0.4, -0.2) is 29.4 Å². The average molecular weight is 304 g/mol. The summed E-state index contributed by atoms with van der Waals surface area (Å²) in [5.74, 6) is 0.714. The predicted molar refractivity (Wildman–Crippen MR) is 84.9 cm³/mol. The molecule has 21 heavy (non-hydrogen) atoms. The van der Waals surface area contributed by atoms with E-state index >= 15 is 0 Å². The van der Waals surface area contributed by atoms with Gasteiger partial charge in [-0.05, 0) is 31.5 Å². The van der Waals surface area contributed by atoms with Crippen molar-refractivity contribution in [3.05, 3.63) is 45.9 Å². The molecular weight excluding hydrogens is 284 g/mol. The lowest BCUT2D eigenvalue weighted by Gasteiger charge is -2.15. The molecule has 2 rings (SSSR count). The van der Waals surface area contributed by atoms with Gasteiger partial charge in [0.1, 0.15) is 12.4 Å². The van der Waals surface area contributed by atoms with Gasteiger partial charge in [-0.2, -0.15) is 0 Å². The SMILES string of the molecule is CCc1ncc(COc2cccc(C(=O)N(C)CC)c2)s1. The summed E-state index contributed by atoms with van der Waals surface area (Å²) < 4.78 is 5.75. The Morgan fingerprint density at radius 2 is 2.19 bits per heavy atom. The van der Waals surface area contributed by atoms with Crippen LogP contribution in [0.25, 0.3) is 0 Å². The van der Waals surface area contributed by atoms with E-state index in [0.29, 0.717) is 24.5 Å². The topological polar surface area (TPSA) is 42.4 Å². The van der Waals surface area contributed by atoms with E-state index in [1.807, 2.05) is 31.3 Å². The van der Waals surface area contributed by atoms with Crippen LogP contribution in [0.4, 0.5) is 0 Å². The Hall–Kier alpha value is -1.88. The second-order valence-corrected chi connectivity index (χ2v) is 5.91. The quantitative estimate of drug-likeness (QED) is 0.821. The van der Waals surface area contributed by atoms with E-state index in [1.165, 1.54) is 0 Å². The molecule has 0 spiro atoms. The van der Waals surface area contributed by atoms with E-state index in [4.69, 9.17) is 4.74 Å². The molecule has 0 saturated heterocycles. The third-order valence-corrected chi connectivity index (χ3v) is 4.30. The molecule has 0 fully saturated rings. The number of aromatic nitrogens is 1. The molecule has 1 aromatic heterocycles. The first-order chi connectivity index (χ1) is 10.1. The van der Waals surface area contributed by atoms with Crippen molar-refractivity contribution in [2.75, 3.05) is 13.6 Å². The zero-order valence-corrected chi connectivity index (χ0v) is 13.4. The Kier molecular flexibility index (Phi) is 5.33. The highest BCUT2D eigenvalue weighted by Crippen LogP contribution is 2.19. The number of rotatable bonds is 6. The number of ether oxygens (including phenoxy) is 1. The van der Waals surface area contributed by atoms with Gasteiger partial charge in [0.2, 0.25) is 0 Å². The number of hydrogen-bond donors (Lipinski definition) is 0. The van der Waals surface area contributed by atoms with Gasteiger partial charge in [-0.15, -0.1) is 11.3 Å². The lowest BCUT2D eigenvalue weighted by Crippen LogP contribution is -2.26. The fourth-order valence-electron chi connectivity index (χ4n) is 1.82. The van der Waals surface area contributed by atoms with Crippen LogP contribution in [0.5, 0.6) is 5.75 Å². The molecule has 1 aromatic carbocycles. The van der Waals surface area contributed by atoms with Crippen LogP contribution in [0.1, 0.15) is 34.1 Å². The van der Waals surface area contributed by atoms with Gasteiger partial charge in [-0.25, -0.2) is 4.98 Å². The minimum Gasteiger partial charge on any atom is -0.488 e. The van der Waals surface area contributed by atoms with Crippen LogP contribution >= 0.6 is 11.3 Å². The second-order valence-electron chi connectivity index (χ2n) is 4.71. The number of nitrogens with zero attached hydrogens (tertiary/aromatic N) is 2. The summed E-state index contributed by atoms with van der Waals surface area (Å²) in [5.41, 5.74) is 0.649. The molecule has 0 radical (unpaired) electrons. The van der Waals surface area contributed by atoms with Crippen molar-refractivity contribution in [2.24, 2.45) is 0 Å². The summed E-state index contributed by atoms with van der Waals surface area (Å²) in [7, 11) is 1.79. The molecule has 0 N–H and O–H groups in total. The maximum absolute atomic E-state index is 12.1. The Morgan fingerprint density at radius 1 is 1.38 bits per heavy atom. The summed E-state index contributed by atoms with van der Waals surface area (Å²) in [6, 6.07) is 7.31. The molecule has 0 aliphatic rings. The number of carbonyl (C=O) groups is 1. The van der Waals surface area contributed by atoms with Gasteiger partial charge < -0.3 is 9.64 Å². The first-order valence-corrected chi connectivity index (χ1v) is 7.87. The Morgan fingerprint density at radius 3 is 2.86 bits per heavy atom. The molecular formula is C16H20N2O2S. The number of thiazole rings is 1. The van der Waals surface area contributed by atoms with Gasteiger partial charge in [-0.1, -0.05) is 13.0 Å². The van der Waals surface area contributed by atoms with E-state index in [0.717, 1.165) is 16.3 Å². The van der Waals surface area contributed by atoms with Crippen LogP contribution in [-0.2, 0) is 13.0 Å². The molecule has 2 aromatic rings. The monoisotopic (exact) mass is 304 g/mol. The minimum absolute atomic E-state index is 0.00834. The van der Waals surface area contributed by atoms with E-state index < -0.39 is 0 Å². The molecule has 112 valence electrons. The average Bonchev–Trinajstić information content (AvgIpc) is 2.99. The molecule has 0 saturated carbocycles. The number of hydrogen-bond acceptors (Lipinski definition) is 4. The van der Waals surface area contributed by atoms with Gasteiger partial charge in [0, 0.05) is 25.4 Å². The van der Waals surface area contributed by atoms with Crippen LogP contribution in [0, 0.1) is 0 Å². The summed E-state index contributed by atoms with van der Waals surface area (Å²) in [5, 5.41) is 1.11. The highest BCUT2D eigenvalue weighted by atomic mass is 32.1. The van der Waals surface area contributed by atoms with Crippen molar-refractivity contribution in [3.8, 4) is 5.75 Å². The fourth-order valence-corrected chi connectivity index (χ4v) is 2.59. The van der Waals surface area contributed by atoms with Crippen molar-refractivity contribution in [3.63, 3.8) is 0 Å². The van der Waals surface area contributed by atoms with Gasteiger partial charge in [0.05, 0.1) is 9.88 Å². The van der Waals surface area contributed by atoms with E-state index in [1.54, 1.807) is 29.4 Å². The number of carbonyl (C=O) groups excluding carboxylic acids is 1. The third-order valence-electron chi connectivity index (χ3n) is 3.19. The van der Waals surface area contributed by atoms with Crippen molar-refractivity contribution < 1.29 is 9.53 Å². The zero-order valence-electron chi connectivity index (χ0n) is 12.6. The molecule has 0 bridgehead atoms. The summed E-state index contributed by atoms with van der Waals surface area (Å²) >= 11 is 1.66. The van der Waals surface area contributed by atoms with E-state index in [2.05, 4.69) is 11.9 Å². The summed E-state index contributed by atoms with van der Waals surface area (Å²) in [4.78, 5) is 19.2. The third kappa shape index (κ3) is 4.04. The highest BCUT2D eigenvalue weighted by molar-refractivity contribution is 7.11. The first kappa shape index (κ1) is 15.5.